The molecule has 0 amide bonds. The van der Waals surface area contributed by atoms with Gasteiger partial charge in [0.05, 0.1) is 0 Å². The van der Waals surface area contributed by atoms with Crippen LogP contribution in [0.3, 0.4) is 0 Å². The zero-order valence-electron chi connectivity index (χ0n) is 10.9. The van der Waals surface area contributed by atoms with Gasteiger partial charge in [-0.3, -0.25) is 0 Å². The van der Waals surface area contributed by atoms with Crippen molar-refractivity contribution in [2.24, 2.45) is 17.6 Å². The van der Waals surface area contributed by atoms with Crippen LogP contribution >= 0.6 is 12.2 Å². The summed E-state index contributed by atoms with van der Waals surface area (Å²) in [4.78, 5) is 4.61. The van der Waals surface area contributed by atoms with Crippen LogP contribution in [0.5, 0.6) is 5.88 Å². The van der Waals surface area contributed by atoms with E-state index in [0.717, 1.165) is 30.2 Å². The minimum atomic E-state index is 0.262. The molecule has 1 aromatic rings. The molecule has 0 bridgehead atoms. The first-order chi connectivity index (χ1) is 8.54. The zero-order valence-corrected chi connectivity index (χ0v) is 11.7. The number of rotatable bonds is 3. The molecule has 2 unspecified atom stereocenters. The van der Waals surface area contributed by atoms with E-state index in [4.69, 9.17) is 22.7 Å². The van der Waals surface area contributed by atoms with Crippen molar-refractivity contribution >= 4 is 17.2 Å². The lowest BCUT2D eigenvalue weighted by Gasteiger charge is -2.31. The number of thiocarbonyl (C=S) groups is 1. The van der Waals surface area contributed by atoms with E-state index in [1.54, 1.807) is 12.3 Å². The highest BCUT2D eigenvalue weighted by atomic mass is 32.1. The third kappa shape index (κ3) is 3.42. The third-order valence-electron chi connectivity index (χ3n) is 3.44. The number of hydrogen-bond acceptors (Lipinski definition) is 3. The normalized spacial score (nSPS) is 27.8. The Hall–Kier alpha value is -1.16. The predicted octanol–water partition coefficient (Wildman–Crippen LogP) is 2.92. The van der Waals surface area contributed by atoms with Gasteiger partial charge in [0.15, 0.2) is 0 Å². The molecule has 1 saturated carbocycles. The standard InChI is InChI=1S/C14H20N2OS/c1-9-5-10(2)7-12(6-9)17-13-8-11(14(15)18)3-4-16-13/h3-4,8-10,12H,5-7H2,1-2H3,(H2,15,18). The number of nitrogens with two attached hydrogens (primary N) is 1. The molecule has 2 rings (SSSR count). The maximum atomic E-state index is 5.96. The molecular formula is C14H20N2OS. The molecule has 0 radical (unpaired) electrons. The van der Waals surface area contributed by atoms with Crippen LogP contribution in [-0.2, 0) is 0 Å². The summed E-state index contributed by atoms with van der Waals surface area (Å²) in [5.41, 5.74) is 6.42. The summed E-state index contributed by atoms with van der Waals surface area (Å²) in [7, 11) is 0. The van der Waals surface area contributed by atoms with Gasteiger partial charge in [0.1, 0.15) is 11.1 Å². The molecule has 0 saturated heterocycles. The van der Waals surface area contributed by atoms with E-state index in [-0.39, 0.29) is 6.10 Å². The van der Waals surface area contributed by atoms with Crippen molar-refractivity contribution in [2.75, 3.05) is 0 Å². The Labute approximate surface area is 114 Å². The molecule has 0 aliphatic heterocycles. The van der Waals surface area contributed by atoms with Crippen LogP contribution < -0.4 is 10.5 Å². The van der Waals surface area contributed by atoms with E-state index in [0.29, 0.717) is 10.9 Å². The number of hydrogen-bond donors (Lipinski definition) is 1. The minimum Gasteiger partial charge on any atom is -0.474 e. The first-order valence-corrected chi connectivity index (χ1v) is 6.88. The van der Waals surface area contributed by atoms with Crippen LogP contribution in [0.1, 0.15) is 38.7 Å². The maximum absolute atomic E-state index is 5.96. The van der Waals surface area contributed by atoms with Crippen LogP contribution in [0.2, 0.25) is 0 Å². The van der Waals surface area contributed by atoms with Crippen LogP contribution in [-0.4, -0.2) is 16.1 Å². The van der Waals surface area contributed by atoms with Crippen LogP contribution in [0.15, 0.2) is 18.3 Å². The van der Waals surface area contributed by atoms with Crippen molar-refractivity contribution in [3.8, 4) is 5.88 Å². The lowest BCUT2D eigenvalue weighted by molar-refractivity contribution is 0.0967. The average Bonchev–Trinajstić information content (AvgIpc) is 2.27. The van der Waals surface area contributed by atoms with Crippen LogP contribution in [0.4, 0.5) is 0 Å². The molecule has 18 heavy (non-hydrogen) atoms. The Morgan fingerprint density at radius 3 is 2.61 bits per heavy atom. The van der Waals surface area contributed by atoms with Crippen molar-refractivity contribution < 1.29 is 4.74 Å². The topological polar surface area (TPSA) is 48.1 Å². The Bertz CT molecular complexity index is 426. The second-order valence-electron chi connectivity index (χ2n) is 5.40. The molecule has 0 aromatic carbocycles. The summed E-state index contributed by atoms with van der Waals surface area (Å²) in [6, 6.07) is 3.63. The molecule has 4 heteroatoms. The molecule has 1 fully saturated rings. The maximum Gasteiger partial charge on any atom is 0.214 e. The van der Waals surface area contributed by atoms with Gasteiger partial charge < -0.3 is 10.5 Å². The Balaban J connectivity index is 2.04. The predicted molar refractivity (Wildman–Crippen MR) is 76.7 cm³/mol. The zero-order chi connectivity index (χ0) is 13.1. The van der Waals surface area contributed by atoms with Gasteiger partial charge in [0, 0.05) is 17.8 Å². The fraction of sp³-hybridized carbons (Fsp3) is 0.571. The summed E-state index contributed by atoms with van der Waals surface area (Å²) in [6.45, 7) is 4.57. The van der Waals surface area contributed by atoms with Crippen molar-refractivity contribution in [1.82, 2.24) is 4.98 Å². The monoisotopic (exact) mass is 264 g/mol. The van der Waals surface area contributed by atoms with Gasteiger partial charge >= 0.3 is 0 Å². The number of pyridine rings is 1. The van der Waals surface area contributed by atoms with Gasteiger partial charge in [0.2, 0.25) is 5.88 Å². The van der Waals surface area contributed by atoms with E-state index in [9.17, 15) is 0 Å². The lowest BCUT2D eigenvalue weighted by Crippen LogP contribution is -2.28. The fourth-order valence-corrected chi connectivity index (χ4v) is 2.89. The molecule has 2 atom stereocenters. The summed E-state index contributed by atoms with van der Waals surface area (Å²) >= 11 is 4.96. The fourth-order valence-electron chi connectivity index (χ4n) is 2.77. The van der Waals surface area contributed by atoms with Crippen molar-refractivity contribution in [2.45, 2.75) is 39.2 Å². The smallest absolute Gasteiger partial charge is 0.214 e. The molecule has 1 aliphatic carbocycles. The summed E-state index contributed by atoms with van der Waals surface area (Å²) in [6.07, 6.45) is 5.45. The van der Waals surface area contributed by atoms with Crippen LogP contribution in [0.25, 0.3) is 0 Å². The largest absolute Gasteiger partial charge is 0.474 e. The molecule has 2 N–H and O–H groups in total. The van der Waals surface area contributed by atoms with E-state index in [2.05, 4.69) is 18.8 Å². The molecular weight excluding hydrogens is 244 g/mol. The van der Waals surface area contributed by atoms with Gasteiger partial charge in [-0.15, -0.1) is 0 Å². The average molecular weight is 264 g/mol. The first-order valence-electron chi connectivity index (χ1n) is 6.47. The van der Waals surface area contributed by atoms with E-state index >= 15 is 0 Å². The summed E-state index contributed by atoms with van der Waals surface area (Å²) in [5.74, 6) is 2.07. The first kappa shape index (κ1) is 13.3. The molecule has 98 valence electrons. The number of nitrogens with zero attached hydrogens (tertiary/aromatic N) is 1. The Morgan fingerprint density at radius 1 is 1.33 bits per heavy atom. The molecule has 0 spiro atoms. The second kappa shape index (κ2) is 5.65. The highest BCUT2D eigenvalue weighted by molar-refractivity contribution is 7.80. The molecule has 1 heterocycles. The van der Waals surface area contributed by atoms with E-state index in [1.807, 2.05) is 6.07 Å². The van der Waals surface area contributed by atoms with Gasteiger partial charge in [-0.1, -0.05) is 26.1 Å². The number of ether oxygens (including phenoxy) is 1. The quantitative estimate of drug-likeness (QED) is 0.853. The van der Waals surface area contributed by atoms with Crippen molar-refractivity contribution in [1.29, 1.82) is 0 Å². The molecule has 1 aromatic heterocycles. The van der Waals surface area contributed by atoms with Crippen LogP contribution in [0, 0.1) is 11.8 Å². The summed E-state index contributed by atoms with van der Waals surface area (Å²) < 4.78 is 5.96. The Morgan fingerprint density at radius 2 is 2.00 bits per heavy atom. The highest BCUT2D eigenvalue weighted by Gasteiger charge is 2.25. The molecule has 1 aliphatic rings. The minimum absolute atomic E-state index is 0.262. The lowest BCUT2D eigenvalue weighted by atomic mass is 9.82. The van der Waals surface area contributed by atoms with E-state index < -0.39 is 0 Å². The highest BCUT2D eigenvalue weighted by Crippen LogP contribution is 2.30. The molecule has 3 nitrogen and oxygen atoms in total. The number of aromatic nitrogens is 1. The second-order valence-corrected chi connectivity index (χ2v) is 5.84. The third-order valence-corrected chi connectivity index (χ3v) is 3.68. The van der Waals surface area contributed by atoms with Gasteiger partial charge in [-0.05, 0) is 37.2 Å². The van der Waals surface area contributed by atoms with Crippen molar-refractivity contribution in [3.63, 3.8) is 0 Å². The Kier molecular flexibility index (Phi) is 4.17. The van der Waals surface area contributed by atoms with E-state index in [1.165, 1.54) is 6.42 Å². The van der Waals surface area contributed by atoms with Crippen molar-refractivity contribution in [3.05, 3.63) is 23.9 Å². The van der Waals surface area contributed by atoms with Gasteiger partial charge in [-0.25, -0.2) is 4.98 Å². The SMILES string of the molecule is CC1CC(C)CC(Oc2cc(C(N)=S)ccn2)C1. The van der Waals surface area contributed by atoms with Gasteiger partial charge in [0.25, 0.3) is 0 Å². The summed E-state index contributed by atoms with van der Waals surface area (Å²) in [5, 5.41) is 0. The van der Waals surface area contributed by atoms with Gasteiger partial charge in [-0.2, -0.15) is 0 Å².